The Bertz CT molecular complexity index is 1050. The number of nitrogens with one attached hydrogen (secondary N) is 1. The molecule has 0 aliphatic heterocycles. The van der Waals surface area contributed by atoms with Crippen molar-refractivity contribution in [3.8, 4) is 11.5 Å². The van der Waals surface area contributed by atoms with Crippen molar-refractivity contribution in [2.45, 2.75) is 6.92 Å². The van der Waals surface area contributed by atoms with Gasteiger partial charge in [-0.15, -0.1) is 11.3 Å². The predicted octanol–water partition coefficient (Wildman–Crippen LogP) is 4.43. The number of nitrogens with zero attached hydrogens (tertiary/aromatic N) is 1. The van der Waals surface area contributed by atoms with Gasteiger partial charge in [-0.25, -0.2) is 9.78 Å². The molecule has 30 heavy (non-hydrogen) atoms. The standard InChI is InChI=1S/C22H20N2O5S/c1-2-28-18-12-15(9-11-21-23-13-19(30-21)22(26)27)8-10-17(18)29-14-20(25)24-16-6-4-3-5-7-16/h3-13H,2,14H2,1H3,(H,24,25)(H,26,27)/b11-9+. The van der Waals surface area contributed by atoms with Crippen LogP contribution in [0.4, 0.5) is 5.69 Å². The van der Waals surface area contributed by atoms with Crippen LogP contribution >= 0.6 is 11.3 Å². The molecule has 0 bridgehead atoms. The third kappa shape index (κ3) is 5.92. The Hall–Kier alpha value is -3.65. The van der Waals surface area contributed by atoms with Crippen LogP contribution in [0, 0.1) is 0 Å². The van der Waals surface area contributed by atoms with E-state index in [9.17, 15) is 9.59 Å². The minimum atomic E-state index is -0.997. The van der Waals surface area contributed by atoms with Crippen LogP contribution in [0.15, 0.2) is 54.7 Å². The highest BCUT2D eigenvalue weighted by atomic mass is 32.1. The van der Waals surface area contributed by atoms with Crippen molar-refractivity contribution in [1.29, 1.82) is 0 Å². The summed E-state index contributed by atoms with van der Waals surface area (Å²) in [6.07, 6.45) is 4.87. The Morgan fingerprint density at radius 3 is 2.60 bits per heavy atom. The molecule has 0 radical (unpaired) electrons. The van der Waals surface area contributed by atoms with Crippen molar-refractivity contribution in [2.24, 2.45) is 0 Å². The molecule has 0 aliphatic carbocycles. The van der Waals surface area contributed by atoms with Gasteiger partial charge in [0.15, 0.2) is 18.1 Å². The van der Waals surface area contributed by atoms with Crippen molar-refractivity contribution in [2.75, 3.05) is 18.5 Å². The lowest BCUT2D eigenvalue weighted by atomic mass is 10.2. The average Bonchev–Trinajstić information content (AvgIpc) is 3.22. The lowest BCUT2D eigenvalue weighted by molar-refractivity contribution is -0.118. The van der Waals surface area contributed by atoms with Crippen LogP contribution in [0.1, 0.15) is 27.2 Å². The Labute approximate surface area is 177 Å². The smallest absolute Gasteiger partial charge is 0.347 e. The van der Waals surface area contributed by atoms with Crippen LogP contribution in [0.3, 0.4) is 0 Å². The van der Waals surface area contributed by atoms with Crippen molar-refractivity contribution in [3.05, 3.63) is 70.2 Å². The van der Waals surface area contributed by atoms with Gasteiger partial charge in [0.2, 0.25) is 0 Å². The van der Waals surface area contributed by atoms with E-state index in [1.54, 1.807) is 36.4 Å². The molecule has 154 valence electrons. The quantitative estimate of drug-likeness (QED) is 0.527. The summed E-state index contributed by atoms with van der Waals surface area (Å²) in [6.45, 7) is 2.15. The third-order valence-electron chi connectivity index (χ3n) is 3.84. The first-order valence-corrected chi connectivity index (χ1v) is 9.98. The molecule has 7 nitrogen and oxygen atoms in total. The fraction of sp³-hybridized carbons (Fsp3) is 0.136. The summed E-state index contributed by atoms with van der Waals surface area (Å²) in [5.74, 6) is -0.300. The molecule has 3 aromatic rings. The molecule has 8 heteroatoms. The summed E-state index contributed by atoms with van der Waals surface area (Å²) in [4.78, 5) is 27.3. The number of carbonyl (C=O) groups is 2. The molecular weight excluding hydrogens is 404 g/mol. The highest BCUT2D eigenvalue weighted by molar-refractivity contribution is 7.14. The second kappa shape index (κ2) is 10.2. The van der Waals surface area contributed by atoms with Gasteiger partial charge in [-0.3, -0.25) is 4.79 Å². The van der Waals surface area contributed by atoms with Crippen LogP contribution < -0.4 is 14.8 Å². The van der Waals surface area contributed by atoms with E-state index in [-0.39, 0.29) is 17.4 Å². The fourth-order valence-corrected chi connectivity index (χ4v) is 3.17. The highest BCUT2D eigenvalue weighted by Gasteiger charge is 2.10. The number of para-hydroxylation sites is 1. The Balaban J connectivity index is 1.65. The summed E-state index contributed by atoms with van der Waals surface area (Å²) in [5, 5.41) is 12.3. The number of thiazole rings is 1. The first kappa shape index (κ1) is 21.1. The second-order valence-corrected chi connectivity index (χ2v) is 7.11. The van der Waals surface area contributed by atoms with Crippen molar-refractivity contribution < 1.29 is 24.2 Å². The van der Waals surface area contributed by atoms with E-state index in [1.165, 1.54) is 6.20 Å². The van der Waals surface area contributed by atoms with Gasteiger partial charge in [0.05, 0.1) is 12.8 Å². The first-order valence-electron chi connectivity index (χ1n) is 9.17. The number of rotatable bonds is 9. The number of anilines is 1. The van der Waals surface area contributed by atoms with Crippen LogP contribution in [0.5, 0.6) is 11.5 Å². The molecule has 0 aliphatic rings. The maximum absolute atomic E-state index is 12.1. The number of carboxylic acids is 1. The number of hydrogen-bond acceptors (Lipinski definition) is 6. The summed E-state index contributed by atoms with van der Waals surface area (Å²) in [7, 11) is 0. The van der Waals surface area contributed by atoms with Crippen LogP contribution in [0.25, 0.3) is 12.2 Å². The number of aromatic carboxylic acids is 1. The second-order valence-electron chi connectivity index (χ2n) is 6.04. The van der Waals surface area contributed by atoms with Crippen molar-refractivity contribution >= 4 is 41.1 Å². The number of ether oxygens (including phenoxy) is 2. The molecule has 0 saturated heterocycles. The number of carbonyl (C=O) groups excluding carboxylic acids is 1. The average molecular weight is 424 g/mol. The number of carboxylic acid groups (broad SMARTS) is 1. The largest absolute Gasteiger partial charge is 0.490 e. The number of benzene rings is 2. The topological polar surface area (TPSA) is 97.8 Å². The third-order valence-corrected chi connectivity index (χ3v) is 4.79. The maximum atomic E-state index is 12.1. The molecule has 0 atom stereocenters. The summed E-state index contributed by atoms with van der Waals surface area (Å²) in [5.41, 5.74) is 1.52. The molecule has 0 spiro atoms. The molecule has 1 amide bonds. The molecule has 1 aromatic heterocycles. The Morgan fingerprint density at radius 1 is 1.10 bits per heavy atom. The zero-order chi connectivity index (χ0) is 21.3. The minimum absolute atomic E-state index is 0.152. The van der Waals surface area contributed by atoms with Gasteiger partial charge in [0.1, 0.15) is 9.88 Å². The van der Waals surface area contributed by atoms with E-state index >= 15 is 0 Å². The van der Waals surface area contributed by atoms with Gasteiger partial charge in [0.25, 0.3) is 5.91 Å². The maximum Gasteiger partial charge on any atom is 0.347 e. The first-order chi connectivity index (χ1) is 14.5. The van der Waals surface area contributed by atoms with E-state index in [4.69, 9.17) is 14.6 Å². The molecule has 2 N–H and O–H groups in total. The molecule has 0 fully saturated rings. The molecule has 3 rings (SSSR count). The van der Waals surface area contributed by atoms with Gasteiger partial charge in [-0.05, 0) is 42.8 Å². The van der Waals surface area contributed by atoms with Gasteiger partial charge >= 0.3 is 5.97 Å². The van der Waals surface area contributed by atoms with Crippen LogP contribution in [-0.4, -0.2) is 35.2 Å². The van der Waals surface area contributed by atoms with Crippen molar-refractivity contribution in [1.82, 2.24) is 4.98 Å². The number of aromatic nitrogens is 1. The molecule has 1 heterocycles. The zero-order valence-electron chi connectivity index (χ0n) is 16.2. The van der Waals surface area contributed by atoms with E-state index in [1.807, 2.05) is 31.2 Å². The highest BCUT2D eigenvalue weighted by Crippen LogP contribution is 2.29. The molecule has 0 unspecified atom stereocenters. The van der Waals surface area contributed by atoms with Gasteiger partial charge < -0.3 is 19.9 Å². The molecular formula is C22H20N2O5S. The van der Waals surface area contributed by atoms with Crippen molar-refractivity contribution in [3.63, 3.8) is 0 Å². The Kier molecular flexibility index (Phi) is 7.18. The van der Waals surface area contributed by atoms with Gasteiger partial charge in [-0.1, -0.05) is 30.3 Å². The lowest BCUT2D eigenvalue weighted by Crippen LogP contribution is -2.20. The van der Waals surface area contributed by atoms with Gasteiger partial charge in [-0.2, -0.15) is 0 Å². The van der Waals surface area contributed by atoms with E-state index < -0.39 is 5.97 Å². The minimum Gasteiger partial charge on any atom is -0.490 e. The van der Waals surface area contributed by atoms with Crippen LogP contribution in [-0.2, 0) is 4.79 Å². The monoisotopic (exact) mass is 424 g/mol. The van der Waals surface area contributed by atoms with Gasteiger partial charge in [0, 0.05) is 5.69 Å². The molecule has 0 saturated carbocycles. The number of hydrogen-bond donors (Lipinski definition) is 2. The molecule has 2 aromatic carbocycles. The van der Waals surface area contributed by atoms with E-state index in [0.29, 0.717) is 28.8 Å². The van der Waals surface area contributed by atoms with E-state index in [2.05, 4.69) is 10.3 Å². The predicted molar refractivity (Wildman–Crippen MR) is 116 cm³/mol. The fourth-order valence-electron chi connectivity index (χ4n) is 2.51. The zero-order valence-corrected chi connectivity index (χ0v) is 17.0. The van der Waals surface area contributed by atoms with E-state index in [0.717, 1.165) is 16.9 Å². The Morgan fingerprint density at radius 2 is 1.90 bits per heavy atom. The SMILES string of the molecule is CCOc1cc(/C=C/c2ncc(C(=O)O)s2)ccc1OCC(=O)Nc1ccccc1. The lowest BCUT2D eigenvalue weighted by Gasteiger charge is -2.12. The number of amides is 1. The summed E-state index contributed by atoms with van der Waals surface area (Å²) >= 11 is 1.09. The summed E-state index contributed by atoms with van der Waals surface area (Å²) < 4.78 is 11.3. The normalized spacial score (nSPS) is 10.7. The summed E-state index contributed by atoms with van der Waals surface area (Å²) in [6, 6.07) is 14.5. The van der Waals surface area contributed by atoms with Crippen LogP contribution in [0.2, 0.25) is 0 Å².